The molecule has 0 aliphatic rings. The monoisotopic (exact) mass is 376 g/mol. The number of anilines is 2. The van der Waals surface area contributed by atoms with Gasteiger partial charge >= 0.3 is 0 Å². The van der Waals surface area contributed by atoms with Gasteiger partial charge in [-0.1, -0.05) is 53.2 Å². The average Bonchev–Trinajstić information content (AvgIpc) is 2.94. The second-order valence-corrected chi connectivity index (χ2v) is 7.30. The number of nitrogens with zero attached hydrogens (tertiary/aromatic N) is 2. The first-order valence-corrected chi connectivity index (χ1v) is 9.09. The summed E-state index contributed by atoms with van der Waals surface area (Å²) in [6, 6.07) is 4.93. The van der Waals surface area contributed by atoms with Gasteiger partial charge in [-0.25, -0.2) is 0 Å². The summed E-state index contributed by atoms with van der Waals surface area (Å²) >= 11 is 14.6. The van der Waals surface area contributed by atoms with E-state index in [2.05, 4.69) is 27.8 Å². The van der Waals surface area contributed by atoms with Crippen LogP contribution in [0.4, 0.5) is 10.8 Å². The minimum atomic E-state index is -0.160. The van der Waals surface area contributed by atoms with Crippen molar-refractivity contribution in [3.05, 3.63) is 28.2 Å². The number of amides is 1. The third kappa shape index (κ3) is 5.31. The summed E-state index contributed by atoms with van der Waals surface area (Å²) in [5.74, 6) is 0.0777. The van der Waals surface area contributed by atoms with Crippen LogP contribution in [0.1, 0.15) is 13.3 Å². The molecule has 2 N–H and O–H groups in total. The van der Waals surface area contributed by atoms with E-state index in [9.17, 15) is 4.79 Å². The van der Waals surface area contributed by atoms with Gasteiger partial charge in [0.15, 0.2) is 4.34 Å². The first kappa shape index (κ1) is 17.3. The quantitative estimate of drug-likeness (QED) is 0.701. The molecule has 0 aliphatic carbocycles. The van der Waals surface area contributed by atoms with Crippen molar-refractivity contribution in [2.75, 3.05) is 22.9 Å². The highest BCUT2D eigenvalue weighted by molar-refractivity contribution is 8.01. The molecule has 0 unspecified atom stereocenters. The zero-order valence-electron chi connectivity index (χ0n) is 11.7. The molecule has 0 saturated heterocycles. The van der Waals surface area contributed by atoms with Crippen molar-refractivity contribution in [2.45, 2.75) is 17.7 Å². The minimum Gasteiger partial charge on any atom is -0.360 e. The summed E-state index contributed by atoms with van der Waals surface area (Å²) in [4.78, 5) is 11.9. The van der Waals surface area contributed by atoms with Gasteiger partial charge in [-0.3, -0.25) is 4.79 Å². The van der Waals surface area contributed by atoms with Crippen molar-refractivity contribution >= 4 is 63.0 Å². The Bertz CT molecular complexity index is 651. The van der Waals surface area contributed by atoms with E-state index >= 15 is 0 Å². The molecular formula is C13H14Cl2N4OS2. The molecule has 2 rings (SSSR count). The third-order valence-corrected chi connectivity index (χ3v) is 5.03. The summed E-state index contributed by atoms with van der Waals surface area (Å²) in [5.41, 5.74) is 0.541. The topological polar surface area (TPSA) is 66.9 Å². The van der Waals surface area contributed by atoms with Crippen LogP contribution < -0.4 is 10.6 Å². The van der Waals surface area contributed by atoms with E-state index in [4.69, 9.17) is 23.2 Å². The number of nitrogens with one attached hydrogen (secondary N) is 2. The number of hydrogen-bond acceptors (Lipinski definition) is 6. The van der Waals surface area contributed by atoms with E-state index in [1.165, 1.54) is 23.1 Å². The van der Waals surface area contributed by atoms with E-state index in [0.717, 1.165) is 22.4 Å². The van der Waals surface area contributed by atoms with Crippen molar-refractivity contribution in [1.29, 1.82) is 0 Å². The Balaban J connectivity index is 1.83. The molecule has 0 fully saturated rings. The van der Waals surface area contributed by atoms with Crippen LogP contribution in [0, 0.1) is 0 Å². The largest absolute Gasteiger partial charge is 0.360 e. The predicted molar refractivity (Wildman–Crippen MR) is 94.5 cm³/mol. The lowest BCUT2D eigenvalue weighted by Crippen LogP contribution is -2.14. The fourth-order valence-corrected chi connectivity index (χ4v) is 3.51. The number of carbonyl (C=O) groups excluding carboxylic acids is 1. The van der Waals surface area contributed by atoms with Crippen LogP contribution in [-0.2, 0) is 4.79 Å². The van der Waals surface area contributed by atoms with Gasteiger partial charge in [0.1, 0.15) is 0 Å². The van der Waals surface area contributed by atoms with Crippen LogP contribution in [0.15, 0.2) is 22.5 Å². The lowest BCUT2D eigenvalue weighted by Gasteiger charge is -2.06. The number of hydrogen-bond donors (Lipinski definition) is 2. The number of aromatic nitrogens is 2. The van der Waals surface area contributed by atoms with Gasteiger partial charge in [0.25, 0.3) is 0 Å². The fourth-order valence-electron chi connectivity index (χ4n) is 1.48. The summed E-state index contributed by atoms with van der Waals surface area (Å²) < 4.78 is 0.746. The van der Waals surface area contributed by atoms with Gasteiger partial charge in [-0.15, -0.1) is 10.2 Å². The van der Waals surface area contributed by atoms with Crippen LogP contribution in [-0.4, -0.2) is 28.4 Å². The third-order valence-electron chi connectivity index (χ3n) is 2.46. The highest BCUT2D eigenvalue weighted by Crippen LogP contribution is 2.27. The molecule has 1 aromatic carbocycles. The maximum Gasteiger partial charge on any atom is 0.234 e. The van der Waals surface area contributed by atoms with Gasteiger partial charge in [0, 0.05) is 11.6 Å². The molecule has 0 bridgehead atoms. The molecule has 22 heavy (non-hydrogen) atoms. The number of thioether (sulfide) groups is 1. The molecule has 1 heterocycles. The van der Waals surface area contributed by atoms with Crippen LogP contribution >= 0.6 is 46.3 Å². The Morgan fingerprint density at radius 3 is 2.91 bits per heavy atom. The van der Waals surface area contributed by atoms with Crippen molar-refractivity contribution < 1.29 is 4.79 Å². The molecule has 0 atom stereocenters. The Hall–Kier alpha value is -1.02. The normalized spacial score (nSPS) is 10.5. The van der Waals surface area contributed by atoms with Crippen LogP contribution in [0.2, 0.25) is 10.0 Å². The summed E-state index contributed by atoms with van der Waals surface area (Å²) in [7, 11) is 0. The Morgan fingerprint density at radius 1 is 1.36 bits per heavy atom. The molecule has 0 saturated carbocycles. The van der Waals surface area contributed by atoms with Gasteiger partial charge in [0.05, 0.1) is 16.5 Å². The van der Waals surface area contributed by atoms with Gasteiger partial charge < -0.3 is 10.6 Å². The molecule has 5 nitrogen and oxygen atoms in total. The van der Waals surface area contributed by atoms with E-state index in [1.807, 2.05) is 0 Å². The standard InChI is InChI=1S/C13H14Cl2N4OS2/c1-2-5-16-12-18-19-13(22-12)21-7-11(20)17-10-4-3-8(14)6-9(10)15/h3-4,6H,2,5,7H2,1H3,(H,16,18)(H,17,20). The SMILES string of the molecule is CCCNc1nnc(SCC(=O)Nc2ccc(Cl)cc2Cl)s1. The first-order valence-electron chi connectivity index (χ1n) is 6.53. The predicted octanol–water partition coefficient (Wildman–Crippen LogP) is 4.40. The smallest absolute Gasteiger partial charge is 0.234 e. The number of halogens is 2. The second-order valence-electron chi connectivity index (χ2n) is 4.26. The molecule has 118 valence electrons. The van der Waals surface area contributed by atoms with Gasteiger partial charge in [0.2, 0.25) is 11.0 Å². The van der Waals surface area contributed by atoms with Crippen molar-refractivity contribution in [1.82, 2.24) is 10.2 Å². The van der Waals surface area contributed by atoms with Crippen LogP contribution in [0.25, 0.3) is 0 Å². The lowest BCUT2D eigenvalue weighted by atomic mass is 10.3. The van der Waals surface area contributed by atoms with Gasteiger partial charge in [-0.05, 0) is 24.6 Å². The van der Waals surface area contributed by atoms with E-state index in [1.54, 1.807) is 18.2 Å². The summed E-state index contributed by atoms with van der Waals surface area (Å²) in [6.45, 7) is 2.94. The Morgan fingerprint density at radius 2 is 2.18 bits per heavy atom. The van der Waals surface area contributed by atoms with E-state index in [-0.39, 0.29) is 11.7 Å². The first-order chi connectivity index (χ1) is 10.6. The van der Waals surface area contributed by atoms with Crippen molar-refractivity contribution in [3.63, 3.8) is 0 Å². The minimum absolute atomic E-state index is 0.160. The molecule has 0 aliphatic heterocycles. The van der Waals surface area contributed by atoms with E-state index < -0.39 is 0 Å². The average molecular weight is 377 g/mol. The van der Waals surface area contributed by atoms with E-state index in [0.29, 0.717) is 15.7 Å². The summed E-state index contributed by atoms with van der Waals surface area (Å²) in [5, 5.41) is 15.6. The maximum atomic E-state index is 11.9. The molecule has 1 aromatic heterocycles. The Labute approximate surface area is 146 Å². The highest BCUT2D eigenvalue weighted by Gasteiger charge is 2.10. The zero-order chi connectivity index (χ0) is 15.9. The van der Waals surface area contributed by atoms with Gasteiger partial charge in [-0.2, -0.15) is 0 Å². The summed E-state index contributed by atoms with van der Waals surface area (Å²) in [6.07, 6.45) is 1.02. The molecule has 2 aromatic rings. The van der Waals surface area contributed by atoms with Crippen LogP contribution in [0.3, 0.4) is 0 Å². The number of carbonyl (C=O) groups is 1. The molecule has 0 radical (unpaired) electrons. The fraction of sp³-hybridized carbons (Fsp3) is 0.308. The molecular weight excluding hydrogens is 363 g/mol. The maximum absolute atomic E-state index is 11.9. The van der Waals surface area contributed by atoms with Crippen LogP contribution in [0.5, 0.6) is 0 Å². The highest BCUT2D eigenvalue weighted by atomic mass is 35.5. The second kappa shape index (κ2) is 8.57. The molecule has 9 heteroatoms. The van der Waals surface area contributed by atoms with Crippen molar-refractivity contribution in [2.24, 2.45) is 0 Å². The van der Waals surface area contributed by atoms with Crippen molar-refractivity contribution in [3.8, 4) is 0 Å². The number of benzene rings is 1. The lowest BCUT2D eigenvalue weighted by molar-refractivity contribution is -0.113. The molecule has 1 amide bonds. The molecule has 0 spiro atoms. The number of rotatable bonds is 7. The Kier molecular flexibility index (Phi) is 6.75. The zero-order valence-corrected chi connectivity index (χ0v) is 14.9.